The highest BCUT2D eigenvalue weighted by Gasteiger charge is 2.26. The number of hydrogen-bond donors (Lipinski definition) is 0. The van der Waals surface area contributed by atoms with Gasteiger partial charge in [-0.1, -0.05) is 0 Å². The standard InChI is InChI=1S/C11H14BrNO2S/c1-13(6-9-5-8(12)7-16-9)11(14)10-3-2-4-15-10/h5,7,10H,2-4,6H2,1H3/t10-/m1/s1. The molecule has 0 unspecified atom stereocenters. The molecule has 1 aliphatic rings. The number of nitrogens with zero attached hydrogens (tertiary/aromatic N) is 1. The zero-order chi connectivity index (χ0) is 11.5. The maximum atomic E-state index is 12.0. The van der Waals surface area contributed by atoms with Gasteiger partial charge in [0, 0.05) is 28.4 Å². The predicted octanol–water partition coefficient (Wildman–Crippen LogP) is 2.65. The fraction of sp³-hybridized carbons (Fsp3) is 0.545. The molecule has 1 aliphatic heterocycles. The van der Waals surface area contributed by atoms with Crippen molar-refractivity contribution < 1.29 is 9.53 Å². The van der Waals surface area contributed by atoms with E-state index in [1.54, 1.807) is 16.2 Å². The van der Waals surface area contributed by atoms with Crippen LogP contribution in [0.2, 0.25) is 0 Å². The van der Waals surface area contributed by atoms with Crippen LogP contribution in [0.1, 0.15) is 17.7 Å². The molecule has 0 aromatic carbocycles. The molecule has 0 bridgehead atoms. The average Bonchev–Trinajstić information content (AvgIpc) is 2.88. The molecule has 3 nitrogen and oxygen atoms in total. The van der Waals surface area contributed by atoms with Crippen LogP contribution in [0.4, 0.5) is 0 Å². The summed E-state index contributed by atoms with van der Waals surface area (Å²) < 4.78 is 6.46. The molecule has 2 rings (SSSR count). The summed E-state index contributed by atoms with van der Waals surface area (Å²) in [6.07, 6.45) is 1.64. The highest BCUT2D eigenvalue weighted by molar-refractivity contribution is 9.10. The minimum Gasteiger partial charge on any atom is -0.368 e. The average molecular weight is 304 g/mol. The molecule has 1 fully saturated rings. The van der Waals surface area contributed by atoms with Crippen LogP contribution in [-0.4, -0.2) is 30.6 Å². The van der Waals surface area contributed by atoms with E-state index in [2.05, 4.69) is 15.9 Å². The van der Waals surface area contributed by atoms with Crippen LogP contribution in [0.5, 0.6) is 0 Å². The molecule has 88 valence electrons. The van der Waals surface area contributed by atoms with Gasteiger partial charge in [-0.05, 0) is 34.8 Å². The fourth-order valence-electron chi connectivity index (χ4n) is 1.77. The number of amides is 1. The van der Waals surface area contributed by atoms with E-state index >= 15 is 0 Å². The molecule has 0 radical (unpaired) electrons. The van der Waals surface area contributed by atoms with Crippen molar-refractivity contribution in [1.29, 1.82) is 0 Å². The number of carbonyl (C=O) groups excluding carboxylic acids is 1. The fourth-order valence-corrected chi connectivity index (χ4v) is 3.27. The Hall–Kier alpha value is -0.390. The van der Waals surface area contributed by atoms with Crippen molar-refractivity contribution in [2.24, 2.45) is 0 Å². The first-order valence-electron chi connectivity index (χ1n) is 5.26. The number of thiophene rings is 1. The van der Waals surface area contributed by atoms with Gasteiger partial charge in [-0.15, -0.1) is 11.3 Å². The van der Waals surface area contributed by atoms with Crippen LogP contribution in [0.3, 0.4) is 0 Å². The lowest BCUT2D eigenvalue weighted by atomic mass is 10.2. The molecule has 1 aromatic heterocycles. The van der Waals surface area contributed by atoms with E-state index in [4.69, 9.17) is 4.74 Å². The molecule has 16 heavy (non-hydrogen) atoms. The first-order chi connectivity index (χ1) is 7.66. The molecule has 1 saturated heterocycles. The topological polar surface area (TPSA) is 29.5 Å². The number of carbonyl (C=O) groups is 1. The van der Waals surface area contributed by atoms with Crippen LogP contribution in [0.25, 0.3) is 0 Å². The van der Waals surface area contributed by atoms with Gasteiger partial charge in [0.1, 0.15) is 6.10 Å². The van der Waals surface area contributed by atoms with Crippen molar-refractivity contribution in [2.75, 3.05) is 13.7 Å². The third-order valence-corrected chi connectivity index (χ3v) is 4.28. The monoisotopic (exact) mass is 303 g/mol. The van der Waals surface area contributed by atoms with Crippen molar-refractivity contribution >= 4 is 33.2 Å². The molecule has 1 amide bonds. The van der Waals surface area contributed by atoms with E-state index in [0.29, 0.717) is 6.54 Å². The summed E-state index contributed by atoms with van der Waals surface area (Å²) in [4.78, 5) is 14.9. The van der Waals surface area contributed by atoms with Gasteiger partial charge in [-0.25, -0.2) is 0 Å². The zero-order valence-corrected chi connectivity index (χ0v) is 11.5. The van der Waals surface area contributed by atoms with E-state index in [1.807, 2.05) is 18.5 Å². The molecule has 1 atom stereocenters. The lowest BCUT2D eigenvalue weighted by Gasteiger charge is -2.19. The SMILES string of the molecule is CN(Cc1cc(Br)cs1)C(=O)[C@H]1CCCO1. The van der Waals surface area contributed by atoms with Crippen molar-refractivity contribution in [3.05, 3.63) is 20.8 Å². The minimum absolute atomic E-state index is 0.0991. The maximum Gasteiger partial charge on any atom is 0.251 e. The lowest BCUT2D eigenvalue weighted by Crippen LogP contribution is -2.35. The normalized spacial score (nSPS) is 20.0. The molecule has 1 aromatic rings. The summed E-state index contributed by atoms with van der Waals surface area (Å²) in [5, 5.41) is 2.03. The summed E-state index contributed by atoms with van der Waals surface area (Å²) in [5.41, 5.74) is 0. The Labute approximate surface area is 108 Å². The smallest absolute Gasteiger partial charge is 0.251 e. The van der Waals surface area contributed by atoms with E-state index in [9.17, 15) is 4.79 Å². The molecule has 0 spiro atoms. The summed E-state index contributed by atoms with van der Waals surface area (Å²) in [6.45, 7) is 1.38. The first kappa shape index (κ1) is 12.1. The Morgan fingerprint density at radius 3 is 3.12 bits per heavy atom. The summed E-state index contributed by atoms with van der Waals surface area (Å²) in [5.74, 6) is 0.0991. The number of ether oxygens (including phenoxy) is 1. The van der Waals surface area contributed by atoms with Crippen LogP contribution in [-0.2, 0) is 16.1 Å². The van der Waals surface area contributed by atoms with Gasteiger partial charge in [0.25, 0.3) is 5.91 Å². The van der Waals surface area contributed by atoms with E-state index in [0.717, 1.165) is 23.9 Å². The van der Waals surface area contributed by atoms with Crippen molar-refractivity contribution in [3.8, 4) is 0 Å². The molecule has 5 heteroatoms. The maximum absolute atomic E-state index is 12.0. The van der Waals surface area contributed by atoms with Crippen LogP contribution < -0.4 is 0 Å². The van der Waals surface area contributed by atoms with Gasteiger partial charge in [0.15, 0.2) is 0 Å². The van der Waals surface area contributed by atoms with Crippen molar-refractivity contribution in [2.45, 2.75) is 25.5 Å². The third-order valence-electron chi connectivity index (χ3n) is 2.60. The van der Waals surface area contributed by atoms with Crippen molar-refractivity contribution in [3.63, 3.8) is 0 Å². The second kappa shape index (κ2) is 5.29. The van der Waals surface area contributed by atoms with E-state index in [1.165, 1.54) is 4.88 Å². The van der Waals surface area contributed by atoms with Crippen LogP contribution in [0, 0.1) is 0 Å². The second-order valence-electron chi connectivity index (χ2n) is 3.93. The number of likely N-dealkylation sites (N-methyl/N-ethyl adjacent to an activating group) is 1. The molecular weight excluding hydrogens is 290 g/mol. The van der Waals surface area contributed by atoms with Crippen LogP contribution in [0.15, 0.2) is 15.9 Å². The number of hydrogen-bond acceptors (Lipinski definition) is 3. The highest BCUT2D eigenvalue weighted by atomic mass is 79.9. The largest absolute Gasteiger partial charge is 0.368 e. The molecular formula is C11H14BrNO2S. The van der Waals surface area contributed by atoms with E-state index < -0.39 is 0 Å². The number of halogens is 1. The van der Waals surface area contributed by atoms with E-state index in [-0.39, 0.29) is 12.0 Å². The van der Waals surface area contributed by atoms with Gasteiger partial charge in [-0.3, -0.25) is 4.79 Å². The van der Waals surface area contributed by atoms with Gasteiger partial charge in [0.2, 0.25) is 0 Å². The highest BCUT2D eigenvalue weighted by Crippen LogP contribution is 2.22. The Morgan fingerprint density at radius 2 is 2.56 bits per heavy atom. The quantitative estimate of drug-likeness (QED) is 0.859. The third kappa shape index (κ3) is 2.84. The summed E-state index contributed by atoms with van der Waals surface area (Å²) >= 11 is 5.06. The Morgan fingerprint density at radius 1 is 1.75 bits per heavy atom. The number of rotatable bonds is 3. The Balaban J connectivity index is 1.91. The summed E-state index contributed by atoms with van der Waals surface area (Å²) in [6, 6.07) is 2.05. The van der Waals surface area contributed by atoms with Crippen molar-refractivity contribution in [1.82, 2.24) is 4.90 Å². The van der Waals surface area contributed by atoms with Crippen LogP contribution >= 0.6 is 27.3 Å². The van der Waals surface area contributed by atoms with Gasteiger partial charge in [-0.2, -0.15) is 0 Å². The first-order valence-corrected chi connectivity index (χ1v) is 6.93. The van der Waals surface area contributed by atoms with Gasteiger partial charge < -0.3 is 9.64 Å². The lowest BCUT2D eigenvalue weighted by molar-refractivity contribution is -0.140. The van der Waals surface area contributed by atoms with Gasteiger partial charge in [0.05, 0.1) is 6.54 Å². The zero-order valence-electron chi connectivity index (χ0n) is 9.11. The molecule has 2 heterocycles. The van der Waals surface area contributed by atoms with Gasteiger partial charge >= 0.3 is 0 Å². The predicted molar refractivity (Wildman–Crippen MR) is 67.5 cm³/mol. The Kier molecular flexibility index (Phi) is 4.00. The minimum atomic E-state index is -0.214. The molecule has 0 aliphatic carbocycles. The summed E-state index contributed by atoms with van der Waals surface area (Å²) in [7, 11) is 1.83. The second-order valence-corrected chi connectivity index (χ2v) is 5.84. The molecule has 0 saturated carbocycles. The Bertz CT molecular complexity index is 374. The molecule has 0 N–H and O–H groups in total.